The maximum absolute atomic E-state index is 12.7. The Labute approximate surface area is 178 Å². The molecule has 0 atom stereocenters. The van der Waals surface area contributed by atoms with Crippen molar-refractivity contribution >= 4 is 29.3 Å². The van der Waals surface area contributed by atoms with Gasteiger partial charge in [0.1, 0.15) is 5.76 Å². The molecule has 0 fully saturated rings. The van der Waals surface area contributed by atoms with Crippen molar-refractivity contribution in [3.8, 4) is 11.5 Å². The number of esters is 1. The molecule has 3 aromatic rings. The third kappa shape index (κ3) is 4.96. The topological polar surface area (TPSA) is 87.0 Å². The van der Waals surface area contributed by atoms with E-state index in [0.29, 0.717) is 23.0 Å². The first-order valence-corrected chi connectivity index (χ1v) is 9.96. The quantitative estimate of drug-likeness (QED) is 0.414. The largest absolute Gasteiger partial charge is 0.493 e. The highest BCUT2D eigenvalue weighted by atomic mass is 32.2. The van der Waals surface area contributed by atoms with E-state index in [1.165, 1.54) is 33.5 Å². The lowest BCUT2D eigenvalue weighted by Crippen LogP contribution is -2.15. The van der Waals surface area contributed by atoms with Gasteiger partial charge >= 0.3 is 5.97 Å². The van der Waals surface area contributed by atoms with Crippen molar-refractivity contribution in [3.05, 3.63) is 71.7 Å². The zero-order valence-electron chi connectivity index (χ0n) is 16.8. The summed E-state index contributed by atoms with van der Waals surface area (Å²) in [6.07, 6.45) is 0. The molecule has 30 heavy (non-hydrogen) atoms. The highest BCUT2D eigenvalue weighted by molar-refractivity contribution is 7.98. The molecular weight excluding hydrogens is 406 g/mol. The van der Waals surface area contributed by atoms with Crippen molar-refractivity contribution < 1.29 is 28.2 Å². The summed E-state index contributed by atoms with van der Waals surface area (Å²) in [4.78, 5) is 25.9. The number of rotatable bonds is 8. The van der Waals surface area contributed by atoms with Gasteiger partial charge in [-0.1, -0.05) is 18.2 Å². The standard InChI is InChI=1S/C22H21NO6S/c1-26-19-11-16(22(25)28-3)17(12-20(19)27-2)23-21(24)18-10-9-14(29-18)13-30-15-7-5-4-6-8-15/h4-12H,13H2,1-3H3,(H,23,24). The average molecular weight is 427 g/mol. The number of nitrogens with one attached hydrogen (secondary N) is 1. The summed E-state index contributed by atoms with van der Waals surface area (Å²) in [6, 6.07) is 16.2. The minimum atomic E-state index is -0.620. The average Bonchev–Trinajstić information content (AvgIpc) is 3.26. The Bertz CT molecular complexity index is 1030. The van der Waals surface area contributed by atoms with E-state index >= 15 is 0 Å². The van der Waals surface area contributed by atoms with E-state index < -0.39 is 11.9 Å². The molecule has 0 saturated carbocycles. The predicted octanol–water partition coefficient (Wildman–Crippen LogP) is 4.63. The molecule has 0 saturated heterocycles. The molecule has 3 rings (SSSR count). The van der Waals surface area contributed by atoms with Gasteiger partial charge in [0.25, 0.3) is 5.91 Å². The first-order chi connectivity index (χ1) is 14.5. The number of carbonyl (C=O) groups is 2. The molecule has 156 valence electrons. The molecule has 1 heterocycles. The second-order valence-corrected chi connectivity index (χ2v) is 7.11. The maximum Gasteiger partial charge on any atom is 0.340 e. The molecule has 1 aromatic heterocycles. The first kappa shape index (κ1) is 21.3. The van der Waals surface area contributed by atoms with Crippen molar-refractivity contribution in [3.63, 3.8) is 0 Å². The smallest absolute Gasteiger partial charge is 0.340 e. The highest BCUT2D eigenvalue weighted by Gasteiger charge is 2.21. The molecule has 0 aliphatic carbocycles. The van der Waals surface area contributed by atoms with Crippen molar-refractivity contribution in [1.82, 2.24) is 0 Å². The van der Waals surface area contributed by atoms with Crippen LogP contribution in [0.1, 0.15) is 26.7 Å². The summed E-state index contributed by atoms with van der Waals surface area (Å²) >= 11 is 1.60. The number of furan rings is 1. The number of thioether (sulfide) groups is 1. The minimum absolute atomic E-state index is 0.129. The number of carbonyl (C=O) groups excluding carboxylic acids is 2. The van der Waals surface area contributed by atoms with Crippen molar-refractivity contribution in [1.29, 1.82) is 0 Å². The Hall–Kier alpha value is -3.39. The Morgan fingerprint density at radius 2 is 1.67 bits per heavy atom. The minimum Gasteiger partial charge on any atom is -0.493 e. The molecule has 1 N–H and O–H groups in total. The summed E-state index contributed by atoms with van der Waals surface area (Å²) in [5.41, 5.74) is 0.357. The normalized spacial score (nSPS) is 10.4. The fourth-order valence-electron chi connectivity index (χ4n) is 2.69. The van der Waals surface area contributed by atoms with Crippen LogP contribution in [0.25, 0.3) is 0 Å². The van der Waals surface area contributed by atoms with Gasteiger partial charge in [0.2, 0.25) is 0 Å². The number of amides is 1. The number of anilines is 1. The Morgan fingerprint density at radius 3 is 2.33 bits per heavy atom. The van der Waals surface area contributed by atoms with E-state index in [2.05, 4.69) is 5.32 Å². The summed E-state index contributed by atoms with van der Waals surface area (Å²) in [7, 11) is 4.17. The third-order valence-corrected chi connectivity index (χ3v) is 5.22. The van der Waals surface area contributed by atoms with Gasteiger partial charge in [-0.05, 0) is 24.3 Å². The molecule has 7 nitrogen and oxygen atoms in total. The number of methoxy groups -OCH3 is 3. The van der Waals surface area contributed by atoms with Gasteiger partial charge in [0, 0.05) is 17.0 Å². The maximum atomic E-state index is 12.7. The lowest BCUT2D eigenvalue weighted by molar-refractivity contribution is 0.0601. The van der Waals surface area contributed by atoms with Crippen LogP contribution in [0.15, 0.2) is 63.9 Å². The van der Waals surface area contributed by atoms with Crippen LogP contribution < -0.4 is 14.8 Å². The highest BCUT2D eigenvalue weighted by Crippen LogP contribution is 2.34. The van der Waals surface area contributed by atoms with E-state index in [-0.39, 0.29) is 17.0 Å². The molecule has 0 unspecified atom stereocenters. The van der Waals surface area contributed by atoms with E-state index in [4.69, 9.17) is 18.6 Å². The van der Waals surface area contributed by atoms with Crippen molar-refractivity contribution in [2.24, 2.45) is 0 Å². The SMILES string of the molecule is COC(=O)c1cc(OC)c(OC)cc1NC(=O)c1ccc(CSc2ccccc2)o1. The van der Waals surface area contributed by atoms with Crippen LogP contribution in [-0.4, -0.2) is 33.2 Å². The molecule has 2 aromatic carbocycles. The number of benzene rings is 2. The second kappa shape index (κ2) is 9.89. The Balaban J connectivity index is 1.77. The predicted molar refractivity (Wildman–Crippen MR) is 114 cm³/mol. The van der Waals surface area contributed by atoms with Crippen molar-refractivity contribution in [2.45, 2.75) is 10.6 Å². The first-order valence-electron chi connectivity index (χ1n) is 8.98. The zero-order chi connectivity index (χ0) is 21.5. The number of hydrogen-bond donors (Lipinski definition) is 1. The molecule has 0 spiro atoms. The van der Waals surface area contributed by atoms with Crippen LogP contribution in [0, 0.1) is 0 Å². The monoisotopic (exact) mass is 427 g/mol. The second-order valence-electron chi connectivity index (χ2n) is 6.07. The molecule has 0 radical (unpaired) electrons. The van der Waals surface area contributed by atoms with Crippen LogP contribution in [-0.2, 0) is 10.5 Å². The summed E-state index contributed by atoms with van der Waals surface area (Å²) < 4.78 is 20.9. The van der Waals surface area contributed by atoms with Gasteiger partial charge in [0.05, 0.1) is 38.3 Å². The summed E-state index contributed by atoms with van der Waals surface area (Å²) in [5, 5.41) is 2.68. The van der Waals surface area contributed by atoms with Gasteiger partial charge in [-0.3, -0.25) is 4.79 Å². The summed E-state index contributed by atoms with van der Waals surface area (Å²) in [5.74, 6) is 0.961. The van der Waals surface area contributed by atoms with Gasteiger partial charge in [-0.2, -0.15) is 0 Å². The van der Waals surface area contributed by atoms with E-state index in [1.807, 2.05) is 30.3 Å². The van der Waals surface area contributed by atoms with Gasteiger partial charge in [-0.25, -0.2) is 4.79 Å². The van der Waals surface area contributed by atoms with E-state index in [1.54, 1.807) is 23.9 Å². The number of hydrogen-bond acceptors (Lipinski definition) is 7. The third-order valence-electron chi connectivity index (χ3n) is 4.19. The fourth-order valence-corrected chi connectivity index (χ4v) is 3.51. The zero-order valence-corrected chi connectivity index (χ0v) is 17.6. The molecule has 8 heteroatoms. The summed E-state index contributed by atoms with van der Waals surface area (Å²) in [6.45, 7) is 0. The van der Waals surface area contributed by atoms with E-state index in [9.17, 15) is 9.59 Å². The molecular formula is C22H21NO6S. The number of ether oxygens (including phenoxy) is 3. The Kier molecular flexibility index (Phi) is 7.03. The van der Waals surface area contributed by atoms with Crippen LogP contribution in [0.5, 0.6) is 11.5 Å². The van der Waals surface area contributed by atoms with Crippen LogP contribution in [0.2, 0.25) is 0 Å². The molecule has 0 aliphatic rings. The van der Waals surface area contributed by atoms with Crippen LogP contribution >= 0.6 is 11.8 Å². The molecule has 0 aliphatic heterocycles. The lowest BCUT2D eigenvalue weighted by atomic mass is 10.1. The Morgan fingerprint density at radius 1 is 0.967 bits per heavy atom. The van der Waals surface area contributed by atoms with Gasteiger partial charge in [0.15, 0.2) is 17.3 Å². The molecule has 1 amide bonds. The van der Waals surface area contributed by atoms with Crippen LogP contribution in [0.4, 0.5) is 5.69 Å². The van der Waals surface area contributed by atoms with Crippen molar-refractivity contribution in [2.75, 3.05) is 26.6 Å². The van der Waals surface area contributed by atoms with E-state index in [0.717, 1.165) is 4.90 Å². The fraction of sp³-hybridized carbons (Fsp3) is 0.182. The van der Waals surface area contributed by atoms with Crippen LogP contribution in [0.3, 0.4) is 0 Å². The molecule has 0 bridgehead atoms. The van der Waals surface area contributed by atoms with Gasteiger partial charge in [-0.15, -0.1) is 11.8 Å². The lowest BCUT2D eigenvalue weighted by Gasteiger charge is -2.14. The van der Waals surface area contributed by atoms with Gasteiger partial charge < -0.3 is 23.9 Å².